The number of aliphatic carboxylic acids is 1. The fourth-order valence-corrected chi connectivity index (χ4v) is 0.894. The summed E-state index contributed by atoms with van der Waals surface area (Å²) >= 11 is 3.70. The van der Waals surface area contributed by atoms with E-state index < -0.39 is 11.2 Å². The van der Waals surface area contributed by atoms with Gasteiger partial charge < -0.3 is 5.11 Å². The highest BCUT2D eigenvalue weighted by atomic mass is 33.1. The number of hydrogen-bond acceptors (Lipinski definition) is 3. The van der Waals surface area contributed by atoms with Crippen molar-refractivity contribution in [3.63, 3.8) is 0 Å². The van der Waals surface area contributed by atoms with E-state index in [0.29, 0.717) is 0 Å². The predicted molar refractivity (Wildman–Crippen MR) is 38.2 cm³/mol. The van der Waals surface area contributed by atoms with Crippen LogP contribution in [-0.4, -0.2) is 16.3 Å². The molecule has 0 aliphatic carbocycles. The van der Waals surface area contributed by atoms with E-state index in [1.165, 1.54) is 6.08 Å². The van der Waals surface area contributed by atoms with Gasteiger partial charge in [0.05, 0.1) is 0 Å². The van der Waals surface area contributed by atoms with E-state index in [0.717, 1.165) is 10.8 Å². The summed E-state index contributed by atoms with van der Waals surface area (Å²) in [4.78, 5) is 10.0. The Morgan fingerprint density at radius 3 is 2.50 bits per heavy atom. The standard InChI is InChI=1S/C4H6O2S2/c1-2-3(8-7)4(5)6/h2-3,7H,1H2,(H,5,6). The summed E-state index contributed by atoms with van der Waals surface area (Å²) in [7, 11) is 0.955. The SMILES string of the molecule is C=CC(SS)C(=O)O. The number of carbonyl (C=O) groups is 1. The van der Waals surface area contributed by atoms with Crippen molar-refractivity contribution in [1.82, 2.24) is 0 Å². The van der Waals surface area contributed by atoms with Crippen LogP contribution in [0.2, 0.25) is 0 Å². The molecule has 1 atom stereocenters. The zero-order valence-corrected chi connectivity index (χ0v) is 5.78. The van der Waals surface area contributed by atoms with Gasteiger partial charge in [-0.05, 0) is 0 Å². The lowest BCUT2D eigenvalue weighted by molar-refractivity contribution is -0.135. The first-order valence-electron chi connectivity index (χ1n) is 1.88. The molecule has 0 aromatic heterocycles. The monoisotopic (exact) mass is 150 g/mol. The van der Waals surface area contributed by atoms with E-state index >= 15 is 0 Å². The van der Waals surface area contributed by atoms with Crippen LogP contribution in [0.15, 0.2) is 12.7 Å². The summed E-state index contributed by atoms with van der Waals surface area (Å²) in [6.45, 7) is 3.30. The van der Waals surface area contributed by atoms with Gasteiger partial charge in [-0.1, -0.05) is 16.9 Å². The van der Waals surface area contributed by atoms with Crippen molar-refractivity contribution in [2.24, 2.45) is 0 Å². The summed E-state index contributed by atoms with van der Waals surface area (Å²) in [5.74, 6) is -0.903. The maximum absolute atomic E-state index is 10.0. The molecule has 0 aromatic rings. The number of carboxylic acids is 1. The van der Waals surface area contributed by atoms with Crippen LogP contribution in [0.25, 0.3) is 0 Å². The molecule has 1 N–H and O–H groups in total. The molecule has 0 rings (SSSR count). The molecule has 0 fully saturated rings. The van der Waals surface area contributed by atoms with Crippen molar-refractivity contribution in [2.45, 2.75) is 5.25 Å². The zero-order chi connectivity index (χ0) is 6.57. The molecule has 0 aliphatic heterocycles. The van der Waals surface area contributed by atoms with Gasteiger partial charge in [0.25, 0.3) is 0 Å². The Bertz CT molecular complexity index is 102. The highest BCUT2D eigenvalue weighted by Crippen LogP contribution is 2.15. The van der Waals surface area contributed by atoms with Crippen molar-refractivity contribution in [2.75, 3.05) is 0 Å². The molecule has 0 amide bonds. The minimum atomic E-state index is -0.903. The summed E-state index contributed by atoms with van der Waals surface area (Å²) in [5.41, 5.74) is 0. The molecule has 8 heavy (non-hydrogen) atoms. The van der Waals surface area contributed by atoms with Crippen LogP contribution < -0.4 is 0 Å². The quantitative estimate of drug-likeness (QED) is 0.360. The lowest BCUT2D eigenvalue weighted by atomic mass is 10.4. The zero-order valence-electron chi connectivity index (χ0n) is 4.07. The highest BCUT2D eigenvalue weighted by molar-refractivity contribution is 8.69. The van der Waals surface area contributed by atoms with Gasteiger partial charge in [0.2, 0.25) is 0 Å². The molecule has 0 bridgehead atoms. The molecule has 46 valence electrons. The molecule has 0 saturated heterocycles. The molecule has 4 heteroatoms. The third-order valence-corrected chi connectivity index (χ3v) is 1.87. The average molecular weight is 150 g/mol. The Morgan fingerprint density at radius 2 is 2.50 bits per heavy atom. The van der Waals surface area contributed by atoms with Gasteiger partial charge in [-0.25, -0.2) is 0 Å². The van der Waals surface area contributed by atoms with Gasteiger partial charge in [0.1, 0.15) is 5.25 Å². The lowest BCUT2D eigenvalue weighted by Crippen LogP contribution is -2.10. The molecule has 0 aromatic carbocycles. The number of thiol groups is 1. The second kappa shape index (κ2) is 3.86. The van der Waals surface area contributed by atoms with Crippen molar-refractivity contribution in [3.8, 4) is 0 Å². The van der Waals surface area contributed by atoms with Crippen LogP contribution in [0, 0.1) is 0 Å². The third-order valence-electron chi connectivity index (χ3n) is 0.571. The minimum absolute atomic E-state index is 0.585. The van der Waals surface area contributed by atoms with Gasteiger partial charge in [-0.15, -0.1) is 18.2 Å². The highest BCUT2D eigenvalue weighted by Gasteiger charge is 2.09. The van der Waals surface area contributed by atoms with Crippen molar-refractivity contribution in [3.05, 3.63) is 12.7 Å². The summed E-state index contributed by atoms with van der Waals surface area (Å²) in [5, 5.41) is 7.65. The van der Waals surface area contributed by atoms with E-state index in [9.17, 15) is 4.79 Å². The van der Waals surface area contributed by atoms with Crippen LogP contribution in [0.3, 0.4) is 0 Å². The largest absolute Gasteiger partial charge is 0.480 e. The number of rotatable bonds is 3. The first kappa shape index (κ1) is 7.91. The topological polar surface area (TPSA) is 37.3 Å². The Morgan fingerprint density at radius 1 is 2.00 bits per heavy atom. The van der Waals surface area contributed by atoms with Crippen molar-refractivity contribution in [1.29, 1.82) is 0 Å². The molecular formula is C4H6O2S2. The van der Waals surface area contributed by atoms with Crippen LogP contribution in [0.5, 0.6) is 0 Å². The van der Waals surface area contributed by atoms with Gasteiger partial charge >= 0.3 is 5.97 Å². The van der Waals surface area contributed by atoms with Gasteiger partial charge in [0, 0.05) is 0 Å². The summed E-state index contributed by atoms with van der Waals surface area (Å²) in [6.07, 6.45) is 1.33. The second-order valence-electron chi connectivity index (χ2n) is 1.10. The molecule has 0 radical (unpaired) electrons. The Hall–Kier alpha value is -0.0900. The minimum Gasteiger partial charge on any atom is -0.480 e. The number of carboxylic acid groups (broad SMARTS) is 1. The van der Waals surface area contributed by atoms with E-state index in [1.807, 2.05) is 0 Å². The normalized spacial score (nSPS) is 12.6. The number of hydrogen-bond donors (Lipinski definition) is 2. The van der Waals surface area contributed by atoms with Crippen LogP contribution >= 0.6 is 22.5 Å². The Kier molecular flexibility index (Phi) is 3.81. The van der Waals surface area contributed by atoms with Crippen LogP contribution in [0.1, 0.15) is 0 Å². The van der Waals surface area contributed by atoms with E-state index in [1.54, 1.807) is 0 Å². The van der Waals surface area contributed by atoms with Gasteiger partial charge in [-0.3, -0.25) is 4.79 Å². The fraction of sp³-hybridized carbons (Fsp3) is 0.250. The molecule has 0 saturated carbocycles. The fourth-order valence-electron chi connectivity index (χ4n) is 0.189. The van der Waals surface area contributed by atoms with Crippen LogP contribution in [0.4, 0.5) is 0 Å². The first-order chi connectivity index (χ1) is 3.72. The van der Waals surface area contributed by atoms with E-state index in [4.69, 9.17) is 5.11 Å². The maximum atomic E-state index is 10.0. The van der Waals surface area contributed by atoms with E-state index in [-0.39, 0.29) is 0 Å². The summed E-state index contributed by atoms with van der Waals surface area (Å²) < 4.78 is 0. The molecule has 0 spiro atoms. The average Bonchev–Trinajstić information content (AvgIpc) is 1.69. The van der Waals surface area contributed by atoms with Gasteiger partial charge in [-0.2, -0.15) is 0 Å². The van der Waals surface area contributed by atoms with Crippen molar-refractivity contribution < 1.29 is 9.90 Å². The molecule has 0 aliphatic rings. The Labute approximate surface area is 56.8 Å². The maximum Gasteiger partial charge on any atom is 0.321 e. The predicted octanol–water partition coefficient (Wildman–Crippen LogP) is 1.20. The second-order valence-corrected chi connectivity index (χ2v) is 2.45. The Balaban J connectivity index is 3.69. The van der Waals surface area contributed by atoms with Gasteiger partial charge in [0.15, 0.2) is 0 Å². The van der Waals surface area contributed by atoms with Crippen LogP contribution in [-0.2, 0) is 4.79 Å². The summed E-state index contributed by atoms with van der Waals surface area (Å²) in [6, 6.07) is 0. The molecule has 1 unspecified atom stereocenters. The lowest BCUT2D eigenvalue weighted by Gasteiger charge is -1.97. The van der Waals surface area contributed by atoms with Crippen molar-refractivity contribution >= 4 is 28.4 Å². The molecule has 0 heterocycles. The third kappa shape index (κ3) is 2.28. The van der Waals surface area contributed by atoms with E-state index in [2.05, 4.69) is 18.2 Å². The first-order valence-corrected chi connectivity index (χ1v) is 3.81. The molecule has 2 nitrogen and oxygen atoms in total. The smallest absolute Gasteiger partial charge is 0.321 e. The molecular weight excluding hydrogens is 144 g/mol.